The number of allylic oxidation sites excluding steroid dienone is 6. The number of carbonyl (C=O) groups is 6. The number of hydrogen-bond donors (Lipinski definition) is 6. The monoisotopic (exact) mass is 625 g/mol. The Kier molecular flexibility index (Phi) is 23.1. The van der Waals surface area contributed by atoms with Gasteiger partial charge in [0.25, 0.3) is 0 Å². The summed E-state index contributed by atoms with van der Waals surface area (Å²) in [4.78, 5) is 69.7. The standard InChI is InChI=1S/C30H47N3O9S/c1-2-3-4-5-6-7-8-9-10-15-23(16-11-13-22(34)14-12-17-27(36)37)43-21-25(29(40)32-20-28(38)39)33-26(35)19-18-24(31)30(41)42/h6-7,9-11,13,23-25H,2-5,8,12,14-21,31H2,1H3,(H,32,40)(H,33,35)(H,36,37)(H,38,39)(H,41,42)/b7-6-,10-9-,13-11-/t23-,24-,25-/m0/s1. The molecule has 7 N–H and O–H groups in total. The molecule has 0 aromatic carbocycles. The van der Waals surface area contributed by atoms with Gasteiger partial charge in [0.1, 0.15) is 18.6 Å². The Bertz CT molecular complexity index is 982. The van der Waals surface area contributed by atoms with E-state index in [1.54, 1.807) is 6.08 Å². The lowest BCUT2D eigenvalue weighted by molar-refractivity contribution is -0.139. The van der Waals surface area contributed by atoms with Gasteiger partial charge in [-0.25, -0.2) is 0 Å². The molecule has 0 unspecified atom stereocenters. The molecule has 0 aliphatic carbocycles. The number of amides is 2. The fraction of sp³-hybridized carbons (Fsp3) is 0.600. The van der Waals surface area contributed by atoms with Gasteiger partial charge in [0.2, 0.25) is 11.8 Å². The fourth-order valence-electron chi connectivity index (χ4n) is 3.61. The average Bonchev–Trinajstić information content (AvgIpc) is 2.94. The minimum Gasteiger partial charge on any atom is -0.481 e. The van der Waals surface area contributed by atoms with E-state index in [1.165, 1.54) is 30.7 Å². The van der Waals surface area contributed by atoms with Crippen LogP contribution >= 0.6 is 11.8 Å². The Morgan fingerprint density at radius 3 is 2.19 bits per heavy atom. The van der Waals surface area contributed by atoms with Gasteiger partial charge >= 0.3 is 17.9 Å². The molecule has 0 aromatic heterocycles. The summed E-state index contributed by atoms with van der Waals surface area (Å²) in [5.74, 6) is -4.85. The third-order valence-corrected chi connectivity index (χ3v) is 7.44. The fourth-order valence-corrected chi connectivity index (χ4v) is 4.80. The maximum absolute atomic E-state index is 12.7. The van der Waals surface area contributed by atoms with Crippen molar-refractivity contribution in [3.63, 3.8) is 0 Å². The molecule has 43 heavy (non-hydrogen) atoms. The predicted octanol–water partition coefficient (Wildman–Crippen LogP) is 3.21. The molecule has 3 atom stereocenters. The highest BCUT2D eigenvalue weighted by Crippen LogP contribution is 2.21. The van der Waals surface area contributed by atoms with Crippen LogP contribution in [0.1, 0.15) is 84.0 Å². The molecular weight excluding hydrogens is 578 g/mol. The van der Waals surface area contributed by atoms with Crippen LogP contribution in [0.15, 0.2) is 36.5 Å². The van der Waals surface area contributed by atoms with Gasteiger partial charge < -0.3 is 31.7 Å². The van der Waals surface area contributed by atoms with E-state index in [4.69, 9.17) is 21.1 Å². The van der Waals surface area contributed by atoms with E-state index < -0.39 is 48.4 Å². The molecular formula is C30H47N3O9S. The van der Waals surface area contributed by atoms with Crippen molar-refractivity contribution in [1.82, 2.24) is 10.6 Å². The van der Waals surface area contributed by atoms with Gasteiger partial charge in [-0.1, -0.05) is 50.1 Å². The lowest BCUT2D eigenvalue weighted by Gasteiger charge is -2.21. The highest BCUT2D eigenvalue weighted by molar-refractivity contribution is 8.00. The number of rotatable bonds is 26. The molecule has 0 saturated heterocycles. The average molecular weight is 626 g/mol. The van der Waals surface area contributed by atoms with Crippen LogP contribution < -0.4 is 16.4 Å². The van der Waals surface area contributed by atoms with Crippen molar-refractivity contribution >= 4 is 47.3 Å². The predicted molar refractivity (Wildman–Crippen MR) is 166 cm³/mol. The number of carboxylic acid groups (broad SMARTS) is 3. The number of ketones is 1. The molecule has 0 saturated carbocycles. The van der Waals surface area contributed by atoms with E-state index >= 15 is 0 Å². The van der Waals surface area contributed by atoms with Crippen LogP contribution in [0.4, 0.5) is 0 Å². The van der Waals surface area contributed by atoms with Crippen molar-refractivity contribution < 1.29 is 44.1 Å². The SMILES string of the molecule is CCCCC/C=C\C/C=C\C[C@@H](C/C=C\C(=O)CCCC(=O)O)SC[C@H](NC(=O)CC[C@H](N)C(=O)O)C(=O)NCC(=O)O. The summed E-state index contributed by atoms with van der Waals surface area (Å²) in [7, 11) is 0. The summed E-state index contributed by atoms with van der Waals surface area (Å²) in [6.07, 6.45) is 17.7. The molecule has 0 bridgehead atoms. The zero-order valence-electron chi connectivity index (χ0n) is 24.9. The van der Waals surface area contributed by atoms with Gasteiger partial charge in [-0.15, -0.1) is 0 Å². The first kappa shape index (κ1) is 39.5. The van der Waals surface area contributed by atoms with Crippen LogP contribution in [0.3, 0.4) is 0 Å². The first-order valence-electron chi connectivity index (χ1n) is 14.6. The molecule has 0 fully saturated rings. The molecule has 0 heterocycles. The number of nitrogens with one attached hydrogen (secondary N) is 2. The molecule has 242 valence electrons. The van der Waals surface area contributed by atoms with Crippen molar-refractivity contribution in [1.29, 1.82) is 0 Å². The lowest BCUT2D eigenvalue weighted by atomic mass is 10.1. The summed E-state index contributed by atoms with van der Waals surface area (Å²) in [5.41, 5.74) is 5.45. The van der Waals surface area contributed by atoms with Gasteiger partial charge in [-0.3, -0.25) is 28.8 Å². The second-order valence-electron chi connectivity index (χ2n) is 9.93. The maximum atomic E-state index is 12.7. The third-order valence-electron chi connectivity index (χ3n) is 6.06. The molecule has 0 rings (SSSR count). The number of nitrogens with two attached hydrogens (primary N) is 1. The smallest absolute Gasteiger partial charge is 0.322 e. The number of carboxylic acids is 3. The van der Waals surface area contributed by atoms with Gasteiger partial charge in [0, 0.05) is 30.3 Å². The summed E-state index contributed by atoms with van der Waals surface area (Å²) in [5, 5.41) is 31.3. The number of carbonyl (C=O) groups excluding carboxylic acids is 3. The third kappa shape index (κ3) is 23.8. The highest BCUT2D eigenvalue weighted by Gasteiger charge is 2.24. The first-order chi connectivity index (χ1) is 20.5. The Hall–Kier alpha value is -3.45. The largest absolute Gasteiger partial charge is 0.481 e. The molecule has 13 heteroatoms. The molecule has 0 spiro atoms. The summed E-state index contributed by atoms with van der Waals surface area (Å²) < 4.78 is 0. The minimum absolute atomic E-state index is 0.0881. The Balaban J connectivity index is 5.36. The number of unbranched alkanes of at least 4 members (excludes halogenated alkanes) is 3. The lowest BCUT2D eigenvalue weighted by Crippen LogP contribution is -2.49. The molecule has 2 amide bonds. The molecule has 0 radical (unpaired) electrons. The van der Waals surface area contributed by atoms with Crippen LogP contribution in [0.25, 0.3) is 0 Å². The molecule has 0 aliphatic rings. The quantitative estimate of drug-likeness (QED) is 0.0466. The molecule has 0 aliphatic heterocycles. The van der Waals surface area contributed by atoms with Crippen LogP contribution in [0.5, 0.6) is 0 Å². The van der Waals surface area contributed by atoms with Gasteiger partial charge in [0.15, 0.2) is 5.78 Å². The van der Waals surface area contributed by atoms with E-state index in [0.29, 0.717) is 12.8 Å². The van der Waals surface area contributed by atoms with Crippen molar-refractivity contribution in [3.05, 3.63) is 36.5 Å². The Labute approximate surface area is 257 Å². The van der Waals surface area contributed by atoms with Gasteiger partial charge in [0.05, 0.1) is 0 Å². The summed E-state index contributed by atoms with van der Waals surface area (Å²) >= 11 is 1.36. The van der Waals surface area contributed by atoms with Crippen molar-refractivity contribution in [2.75, 3.05) is 12.3 Å². The van der Waals surface area contributed by atoms with Crippen molar-refractivity contribution in [2.45, 2.75) is 101 Å². The van der Waals surface area contributed by atoms with E-state index in [9.17, 15) is 28.8 Å². The van der Waals surface area contributed by atoms with E-state index in [-0.39, 0.29) is 48.9 Å². The number of thioether (sulfide) groups is 1. The first-order valence-corrected chi connectivity index (χ1v) is 15.6. The molecule has 12 nitrogen and oxygen atoms in total. The number of hydrogen-bond acceptors (Lipinski definition) is 8. The minimum atomic E-state index is -1.25. The number of aliphatic carboxylic acids is 3. The maximum Gasteiger partial charge on any atom is 0.322 e. The topological polar surface area (TPSA) is 213 Å². The molecule has 0 aromatic rings. The normalized spacial score (nSPS) is 13.6. The summed E-state index contributed by atoms with van der Waals surface area (Å²) in [6, 6.07) is -2.32. The summed E-state index contributed by atoms with van der Waals surface area (Å²) in [6.45, 7) is 1.52. The zero-order valence-corrected chi connectivity index (χ0v) is 25.7. The Morgan fingerprint density at radius 2 is 1.53 bits per heavy atom. The van der Waals surface area contributed by atoms with Crippen LogP contribution in [0.2, 0.25) is 0 Å². The van der Waals surface area contributed by atoms with Gasteiger partial charge in [-0.2, -0.15) is 11.8 Å². The van der Waals surface area contributed by atoms with Crippen molar-refractivity contribution in [3.8, 4) is 0 Å². The second kappa shape index (κ2) is 25.1. The van der Waals surface area contributed by atoms with Crippen LogP contribution in [-0.4, -0.2) is 80.5 Å². The van der Waals surface area contributed by atoms with E-state index in [2.05, 4.69) is 29.7 Å². The van der Waals surface area contributed by atoms with Crippen LogP contribution in [0, 0.1) is 0 Å². The van der Waals surface area contributed by atoms with E-state index in [0.717, 1.165) is 19.3 Å². The Morgan fingerprint density at radius 1 is 0.837 bits per heavy atom. The highest BCUT2D eigenvalue weighted by atomic mass is 32.2. The van der Waals surface area contributed by atoms with Crippen molar-refractivity contribution in [2.24, 2.45) is 5.73 Å². The van der Waals surface area contributed by atoms with E-state index in [1.807, 2.05) is 12.2 Å². The van der Waals surface area contributed by atoms with Gasteiger partial charge in [-0.05, 0) is 51.0 Å². The second-order valence-corrected chi connectivity index (χ2v) is 11.3. The van der Waals surface area contributed by atoms with Crippen LogP contribution in [-0.2, 0) is 28.8 Å². The zero-order chi connectivity index (χ0) is 32.5.